The van der Waals surface area contributed by atoms with Crippen LogP contribution >= 0.6 is 22.7 Å². The molecular formula is C30H24F2N6S2. The minimum Gasteiger partial charge on any atom is -0.252 e. The van der Waals surface area contributed by atoms with Crippen LogP contribution in [0.3, 0.4) is 0 Å². The van der Waals surface area contributed by atoms with Crippen molar-refractivity contribution in [2.45, 2.75) is 13.8 Å². The lowest BCUT2D eigenvalue weighted by atomic mass is 10.1. The van der Waals surface area contributed by atoms with Gasteiger partial charge in [-0.15, -0.1) is 0 Å². The first kappa shape index (κ1) is 27.0. The Morgan fingerprint density at radius 3 is 1.40 bits per heavy atom. The molecule has 0 saturated carbocycles. The molecule has 4 aromatic carbocycles. The lowest BCUT2D eigenvalue weighted by molar-refractivity contribution is 0.629. The summed E-state index contributed by atoms with van der Waals surface area (Å²) < 4.78 is 27.8. The van der Waals surface area contributed by atoms with E-state index >= 15 is 0 Å². The molecule has 0 saturated heterocycles. The molecule has 0 aliphatic heterocycles. The third-order valence-corrected chi connectivity index (χ3v) is 7.57. The highest BCUT2D eigenvalue weighted by atomic mass is 32.1. The molecule has 2 heterocycles. The number of fused-ring (bicyclic) bond motifs is 2. The van der Waals surface area contributed by atoms with Crippen LogP contribution < -0.4 is 10.9 Å². The topological polar surface area (TPSA) is 74.6 Å². The van der Waals surface area contributed by atoms with Gasteiger partial charge in [-0.25, -0.2) is 18.7 Å². The van der Waals surface area contributed by atoms with E-state index in [9.17, 15) is 8.78 Å². The fourth-order valence-electron chi connectivity index (χ4n) is 3.64. The Morgan fingerprint density at radius 2 is 1.00 bits per heavy atom. The van der Waals surface area contributed by atoms with E-state index in [1.807, 2.05) is 74.5 Å². The van der Waals surface area contributed by atoms with Gasteiger partial charge in [-0.05, 0) is 61.4 Å². The van der Waals surface area contributed by atoms with E-state index in [4.69, 9.17) is 0 Å². The van der Waals surface area contributed by atoms with Gasteiger partial charge in [0, 0.05) is 0 Å². The van der Waals surface area contributed by atoms with Crippen LogP contribution in [0.4, 0.5) is 19.0 Å². The van der Waals surface area contributed by atoms with E-state index in [-0.39, 0.29) is 11.6 Å². The van der Waals surface area contributed by atoms with E-state index in [1.54, 1.807) is 12.1 Å². The van der Waals surface area contributed by atoms with Gasteiger partial charge in [0.15, 0.2) is 0 Å². The Kier molecular flexibility index (Phi) is 8.48. The summed E-state index contributed by atoms with van der Waals surface area (Å²) in [4.78, 5) is 8.71. The number of benzene rings is 4. The zero-order chi connectivity index (χ0) is 27.9. The lowest BCUT2D eigenvalue weighted by Crippen LogP contribution is -1.98. The predicted molar refractivity (Wildman–Crippen MR) is 164 cm³/mol. The zero-order valence-electron chi connectivity index (χ0n) is 21.6. The number of rotatable bonds is 6. The van der Waals surface area contributed by atoms with Crippen LogP contribution in [0.2, 0.25) is 0 Å². The van der Waals surface area contributed by atoms with Crippen LogP contribution in [0.25, 0.3) is 20.4 Å². The van der Waals surface area contributed by atoms with E-state index in [0.717, 1.165) is 43.0 Å². The van der Waals surface area contributed by atoms with Crippen LogP contribution in [0.1, 0.15) is 25.0 Å². The quantitative estimate of drug-likeness (QED) is 0.155. The second kappa shape index (κ2) is 12.5. The van der Waals surface area contributed by atoms with Crippen molar-refractivity contribution in [2.24, 2.45) is 10.2 Å². The summed E-state index contributed by atoms with van der Waals surface area (Å²) >= 11 is 2.76. The Hall–Kier alpha value is -4.54. The summed E-state index contributed by atoms with van der Waals surface area (Å²) in [7, 11) is 0. The Bertz CT molecular complexity index is 1660. The maximum atomic E-state index is 13.1. The molecule has 200 valence electrons. The highest BCUT2D eigenvalue weighted by Crippen LogP contribution is 2.27. The first-order chi connectivity index (χ1) is 19.4. The van der Waals surface area contributed by atoms with Crippen molar-refractivity contribution in [3.8, 4) is 0 Å². The number of aromatic nitrogens is 2. The fraction of sp³-hybridized carbons (Fsp3) is 0.0667. The van der Waals surface area contributed by atoms with Crippen molar-refractivity contribution < 1.29 is 8.78 Å². The lowest BCUT2D eigenvalue weighted by Gasteiger charge is -2.00. The second-order valence-corrected chi connectivity index (χ2v) is 10.7. The Balaban J connectivity index is 0.000000161. The molecule has 2 aromatic heterocycles. The van der Waals surface area contributed by atoms with Crippen LogP contribution in [0.5, 0.6) is 0 Å². The molecule has 0 bridgehead atoms. The SMILES string of the molecule is C/C(=N\Nc1nc2ccc(F)cc2s1)c1ccccc1.C/C(=N\Nc1nc2ccc(F)cc2s1)c1ccccc1. The molecule has 0 fully saturated rings. The van der Waals surface area contributed by atoms with Crippen LogP contribution in [-0.2, 0) is 0 Å². The highest BCUT2D eigenvalue weighted by Gasteiger charge is 2.06. The first-order valence-corrected chi connectivity index (χ1v) is 13.9. The van der Waals surface area contributed by atoms with Crippen LogP contribution in [-0.4, -0.2) is 21.4 Å². The summed E-state index contributed by atoms with van der Waals surface area (Å²) in [6.07, 6.45) is 0. The van der Waals surface area contributed by atoms with Crippen LogP contribution in [0, 0.1) is 11.6 Å². The van der Waals surface area contributed by atoms with Crippen molar-refractivity contribution in [1.82, 2.24) is 9.97 Å². The van der Waals surface area contributed by atoms with E-state index in [1.165, 1.54) is 46.9 Å². The Morgan fingerprint density at radius 1 is 0.600 bits per heavy atom. The smallest absolute Gasteiger partial charge is 0.204 e. The maximum Gasteiger partial charge on any atom is 0.204 e. The maximum absolute atomic E-state index is 13.1. The first-order valence-electron chi connectivity index (χ1n) is 12.3. The molecule has 6 aromatic rings. The summed E-state index contributed by atoms with van der Waals surface area (Å²) in [5, 5.41) is 9.91. The largest absolute Gasteiger partial charge is 0.252 e. The third-order valence-electron chi connectivity index (χ3n) is 5.72. The Labute approximate surface area is 237 Å². The minimum absolute atomic E-state index is 0.253. The molecule has 0 aliphatic carbocycles. The molecule has 40 heavy (non-hydrogen) atoms. The van der Waals surface area contributed by atoms with Gasteiger partial charge in [0.25, 0.3) is 0 Å². The van der Waals surface area contributed by atoms with Crippen molar-refractivity contribution in [3.05, 3.63) is 120 Å². The number of anilines is 2. The van der Waals surface area contributed by atoms with Gasteiger partial charge in [0.2, 0.25) is 10.3 Å². The van der Waals surface area contributed by atoms with Gasteiger partial charge in [-0.2, -0.15) is 10.2 Å². The molecule has 0 spiro atoms. The van der Waals surface area contributed by atoms with Gasteiger partial charge < -0.3 is 0 Å². The summed E-state index contributed by atoms with van der Waals surface area (Å²) in [5.41, 5.74) is 11.2. The van der Waals surface area contributed by atoms with Gasteiger partial charge >= 0.3 is 0 Å². The van der Waals surface area contributed by atoms with Crippen molar-refractivity contribution >= 4 is 64.8 Å². The summed E-state index contributed by atoms with van der Waals surface area (Å²) in [6, 6.07) is 28.9. The van der Waals surface area contributed by atoms with Crippen LogP contribution in [0.15, 0.2) is 107 Å². The molecular weight excluding hydrogens is 547 g/mol. The number of thiazole rings is 2. The summed E-state index contributed by atoms with van der Waals surface area (Å²) in [6.45, 7) is 3.85. The number of hydrogen-bond acceptors (Lipinski definition) is 8. The molecule has 0 radical (unpaired) electrons. The standard InChI is InChI=1S/2C15H12FN3S/c2*1-10(11-5-3-2-4-6-11)18-19-15-17-13-8-7-12(16)9-14(13)20-15/h2*2-9H,1H3,(H,17,19)/b2*18-10+. The molecule has 0 amide bonds. The molecule has 0 atom stereocenters. The number of nitrogens with one attached hydrogen (secondary N) is 2. The van der Waals surface area contributed by atoms with Gasteiger partial charge in [0.05, 0.1) is 31.9 Å². The fourth-order valence-corrected chi connectivity index (χ4v) is 5.31. The molecule has 0 unspecified atom stereocenters. The number of nitrogens with zero attached hydrogens (tertiary/aromatic N) is 4. The predicted octanol–water partition coefficient (Wildman–Crippen LogP) is 8.54. The molecule has 2 N–H and O–H groups in total. The molecule has 10 heteroatoms. The van der Waals surface area contributed by atoms with E-state index < -0.39 is 0 Å². The number of halogens is 2. The van der Waals surface area contributed by atoms with Gasteiger partial charge in [-0.3, -0.25) is 10.9 Å². The van der Waals surface area contributed by atoms with Gasteiger partial charge in [0.1, 0.15) is 11.6 Å². The minimum atomic E-state index is -0.253. The van der Waals surface area contributed by atoms with E-state index in [0.29, 0.717) is 10.3 Å². The normalized spacial score (nSPS) is 11.8. The monoisotopic (exact) mass is 570 g/mol. The molecule has 6 nitrogen and oxygen atoms in total. The molecule has 0 aliphatic rings. The number of hydrazone groups is 2. The highest BCUT2D eigenvalue weighted by molar-refractivity contribution is 7.22. The zero-order valence-corrected chi connectivity index (χ0v) is 23.2. The molecule has 6 rings (SSSR count). The average Bonchev–Trinajstić information content (AvgIpc) is 3.58. The van der Waals surface area contributed by atoms with Gasteiger partial charge in [-0.1, -0.05) is 83.3 Å². The number of hydrogen-bond donors (Lipinski definition) is 2. The summed E-state index contributed by atoms with van der Waals surface area (Å²) in [5.74, 6) is -0.506. The average molecular weight is 571 g/mol. The van der Waals surface area contributed by atoms with Crippen molar-refractivity contribution in [2.75, 3.05) is 10.9 Å². The second-order valence-electron chi connectivity index (χ2n) is 8.61. The van der Waals surface area contributed by atoms with Crippen molar-refractivity contribution in [3.63, 3.8) is 0 Å². The van der Waals surface area contributed by atoms with E-state index in [2.05, 4.69) is 31.0 Å². The van der Waals surface area contributed by atoms with Crippen molar-refractivity contribution in [1.29, 1.82) is 0 Å². The third kappa shape index (κ3) is 6.90.